The zero-order chi connectivity index (χ0) is 17.5. The van der Waals surface area contributed by atoms with Crippen LogP contribution in [-0.4, -0.2) is 31.1 Å². The van der Waals surface area contributed by atoms with E-state index in [2.05, 4.69) is 28.7 Å². The molecule has 25 heavy (non-hydrogen) atoms. The number of halogens is 1. The molecule has 1 aliphatic heterocycles. The highest BCUT2D eigenvalue weighted by atomic mass is 32.1. The van der Waals surface area contributed by atoms with Crippen LogP contribution >= 0.6 is 11.3 Å². The summed E-state index contributed by atoms with van der Waals surface area (Å²) >= 11 is 1.77. The number of rotatable bonds is 8. The van der Waals surface area contributed by atoms with Crippen molar-refractivity contribution in [1.29, 1.82) is 0 Å². The standard InChI is InChI=1S/C21H28FNOS/c1-2-3-4-11-23-12-9-21(17-10-13-25-16-17)18(14-23)15-24-20-7-5-19(22)6-8-20/h5-8,10,13,16,18,21H,2-4,9,11-12,14-15H2,1H3/t18-,21-/m0/s1. The molecule has 0 bridgehead atoms. The van der Waals surface area contributed by atoms with Crippen LogP contribution in [0.25, 0.3) is 0 Å². The highest BCUT2D eigenvalue weighted by Crippen LogP contribution is 2.34. The topological polar surface area (TPSA) is 12.5 Å². The molecule has 0 aliphatic carbocycles. The van der Waals surface area contributed by atoms with Gasteiger partial charge in [-0.25, -0.2) is 4.39 Å². The number of nitrogens with zero attached hydrogens (tertiary/aromatic N) is 1. The molecule has 1 aromatic heterocycles. The molecule has 0 radical (unpaired) electrons. The lowest BCUT2D eigenvalue weighted by molar-refractivity contribution is 0.110. The first-order valence-corrected chi connectivity index (χ1v) is 10.3. The van der Waals surface area contributed by atoms with Crippen LogP contribution in [0.2, 0.25) is 0 Å². The number of likely N-dealkylation sites (tertiary alicyclic amines) is 1. The molecular weight excluding hydrogens is 333 g/mol. The Morgan fingerprint density at radius 2 is 2.04 bits per heavy atom. The van der Waals surface area contributed by atoms with Crippen LogP contribution in [0.1, 0.15) is 44.1 Å². The van der Waals surface area contributed by atoms with Gasteiger partial charge in [0.25, 0.3) is 0 Å². The molecule has 2 heterocycles. The minimum Gasteiger partial charge on any atom is -0.493 e. The molecule has 1 saturated heterocycles. The van der Waals surface area contributed by atoms with Crippen molar-refractivity contribution in [3.05, 3.63) is 52.5 Å². The van der Waals surface area contributed by atoms with Crippen LogP contribution in [0.3, 0.4) is 0 Å². The van der Waals surface area contributed by atoms with Crippen LogP contribution in [0.4, 0.5) is 4.39 Å². The van der Waals surface area contributed by atoms with E-state index in [4.69, 9.17) is 4.74 Å². The second-order valence-electron chi connectivity index (χ2n) is 6.98. The maximum Gasteiger partial charge on any atom is 0.123 e. The van der Waals surface area contributed by atoms with Gasteiger partial charge in [-0.1, -0.05) is 19.8 Å². The Morgan fingerprint density at radius 1 is 1.20 bits per heavy atom. The second kappa shape index (κ2) is 9.35. The van der Waals surface area contributed by atoms with Gasteiger partial charge in [0.15, 0.2) is 0 Å². The average molecular weight is 362 g/mol. The molecule has 0 saturated carbocycles. The molecule has 2 atom stereocenters. The van der Waals surface area contributed by atoms with Gasteiger partial charge >= 0.3 is 0 Å². The Kier molecular flexibility index (Phi) is 6.88. The summed E-state index contributed by atoms with van der Waals surface area (Å²) in [6, 6.07) is 8.62. The summed E-state index contributed by atoms with van der Waals surface area (Å²) in [5.74, 6) is 1.58. The van der Waals surface area contributed by atoms with Gasteiger partial charge in [0, 0.05) is 12.5 Å². The van der Waals surface area contributed by atoms with Gasteiger partial charge in [-0.15, -0.1) is 0 Å². The second-order valence-corrected chi connectivity index (χ2v) is 7.76. The highest BCUT2D eigenvalue weighted by Gasteiger charge is 2.31. The number of benzene rings is 1. The van der Waals surface area contributed by atoms with Gasteiger partial charge in [0.05, 0.1) is 6.61 Å². The molecule has 3 rings (SSSR count). The van der Waals surface area contributed by atoms with E-state index in [1.807, 2.05) is 0 Å². The fourth-order valence-electron chi connectivity index (χ4n) is 3.72. The molecule has 2 aromatic rings. The maximum absolute atomic E-state index is 13.1. The van der Waals surface area contributed by atoms with Crippen molar-refractivity contribution in [3.63, 3.8) is 0 Å². The first kappa shape index (κ1) is 18.4. The molecule has 0 N–H and O–H groups in total. The normalized spacial score (nSPS) is 21.4. The minimum absolute atomic E-state index is 0.219. The third-order valence-corrected chi connectivity index (χ3v) is 5.85. The SMILES string of the molecule is CCCCCN1CC[C@@H](c2ccsc2)[C@H](COc2ccc(F)cc2)C1. The van der Waals surface area contributed by atoms with Gasteiger partial charge in [-0.05, 0) is 78.5 Å². The minimum atomic E-state index is -0.219. The summed E-state index contributed by atoms with van der Waals surface area (Å²) in [6.45, 7) is 6.40. The van der Waals surface area contributed by atoms with Crippen molar-refractivity contribution in [3.8, 4) is 5.75 Å². The zero-order valence-electron chi connectivity index (χ0n) is 15.0. The fourth-order valence-corrected chi connectivity index (χ4v) is 4.45. The molecule has 4 heteroatoms. The summed E-state index contributed by atoms with van der Waals surface area (Å²) in [4.78, 5) is 2.59. The van der Waals surface area contributed by atoms with E-state index >= 15 is 0 Å². The van der Waals surface area contributed by atoms with Crippen molar-refractivity contribution in [2.24, 2.45) is 5.92 Å². The average Bonchev–Trinajstić information content (AvgIpc) is 3.16. The van der Waals surface area contributed by atoms with E-state index in [0.717, 1.165) is 12.3 Å². The van der Waals surface area contributed by atoms with Crippen LogP contribution < -0.4 is 4.74 Å². The molecule has 136 valence electrons. The van der Waals surface area contributed by atoms with Gasteiger partial charge in [-0.2, -0.15) is 11.3 Å². The first-order chi connectivity index (χ1) is 12.3. The molecule has 1 aromatic carbocycles. The zero-order valence-corrected chi connectivity index (χ0v) is 15.8. The quantitative estimate of drug-likeness (QED) is 0.571. The molecule has 1 fully saturated rings. The smallest absolute Gasteiger partial charge is 0.123 e. The molecule has 0 spiro atoms. The molecular formula is C21H28FNOS. The number of hydrogen-bond donors (Lipinski definition) is 0. The number of ether oxygens (including phenoxy) is 1. The van der Waals surface area contributed by atoms with Gasteiger partial charge in [0.1, 0.15) is 11.6 Å². The number of piperidine rings is 1. The van der Waals surface area contributed by atoms with Crippen molar-refractivity contribution in [2.75, 3.05) is 26.2 Å². The van der Waals surface area contributed by atoms with Crippen LogP contribution in [0, 0.1) is 11.7 Å². The maximum atomic E-state index is 13.1. The van der Waals surface area contributed by atoms with Gasteiger partial charge in [0.2, 0.25) is 0 Å². The van der Waals surface area contributed by atoms with Crippen molar-refractivity contribution in [2.45, 2.75) is 38.5 Å². The highest BCUT2D eigenvalue weighted by molar-refractivity contribution is 7.07. The number of unbranched alkanes of at least 4 members (excludes halogenated alkanes) is 2. The van der Waals surface area contributed by atoms with Gasteiger partial charge in [-0.3, -0.25) is 0 Å². The summed E-state index contributed by atoms with van der Waals surface area (Å²) in [7, 11) is 0. The Labute approximate surface area is 154 Å². The lowest BCUT2D eigenvalue weighted by Crippen LogP contribution is -2.42. The van der Waals surface area contributed by atoms with Crippen molar-refractivity contribution >= 4 is 11.3 Å². The first-order valence-electron chi connectivity index (χ1n) is 9.39. The molecule has 0 unspecified atom stereocenters. The number of thiophene rings is 1. The fraction of sp³-hybridized carbons (Fsp3) is 0.524. The summed E-state index contributed by atoms with van der Waals surface area (Å²) in [5, 5.41) is 4.45. The summed E-state index contributed by atoms with van der Waals surface area (Å²) in [6.07, 6.45) is 5.05. The van der Waals surface area contributed by atoms with Gasteiger partial charge < -0.3 is 9.64 Å². The van der Waals surface area contributed by atoms with Crippen molar-refractivity contribution in [1.82, 2.24) is 4.90 Å². The number of hydrogen-bond acceptors (Lipinski definition) is 3. The lowest BCUT2D eigenvalue weighted by atomic mass is 9.82. The largest absolute Gasteiger partial charge is 0.493 e. The predicted octanol–water partition coefficient (Wildman–Crippen LogP) is 5.56. The van der Waals surface area contributed by atoms with E-state index in [-0.39, 0.29) is 5.82 Å². The van der Waals surface area contributed by atoms with Crippen LogP contribution in [-0.2, 0) is 0 Å². The monoisotopic (exact) mass is 361 g/mol. The Balaban J connectivity index is 1.62. The molecule has 2 nitrogen and oxygen atoms in total. The summed E-state index contributed by atoms with van der Waals surface area (Å²) < 4.78 is 19.1. The third kappa shape index (κ3) is 5.29. The Hall–Kier alpha value is -1.39. The van der Waals surface area contributed by atoms with Crippen molar-refractivity contribution < 1.29 is 9.13 Å². The molecule has 0 amide bonds. The Morgan fingerprint density at radius 3 is 2.76 bits per heavy atom. The third-order valence-electron chi connectivity index (χ3n) is 5.15. The Bertz CT molecular complexity index is 613. The van der Waals surface area contributed by atoms with E-state index in [1.54, 1.807) is 23.5 Å². The lowest BCUT2D eigenvalue weighted by Gasteiger charge is -2.38. The van der Waals surface area contributed by atoms with E-state index < -0.39 is 0 Å². The van der Waals surface area contributed by atoms with E-state index in [0.29, 0.717) is 18.4 Å². The van der Waals surface area contributed by atoms with Crippen LogP contribution in [0.5, 0.6) is 5.75 Å². The molecule has 1 aliphatic rings. The predicted molar refractivity (Wildman–Crippen MR) is 103 cm³/mol. The summed E-state index contributed by atoms with van der Waals surface area (Å²) in [5.41, 5.74) is 1.45. The van der Waals surface area contributed by atoms with E-state index in [9.17, 15) is 4.39 Å². The van der Waals surface area contributed by atoms with Crippen LogP contribution in [0.15, 0.2) is 41.1 Å². The van der Waals surface area contributed by atoms with E-state index in [1.165, 1.54) is 56.5 Å².